The van der Waals surface area contributed by atoms with Gasteiger partial charge in [-0.05, 0) is 50.7 Å². The van der Waals surface area contributed by atoms with Gasteiger partial charge in [0.2, 0.25) is 0 Å². The Kier molecular flexibility index (Phi) is 5.90. The van der Waals surface area contributed by atoms with E-state index in [1.165, 1.54) is 23.9 Å². The zero-order valence-electron chi connectivity index (χ0n) is 16.6. The molecule has 2 atom stereocenters. The summed E-state index contributed by atoms with van der Waals surface area (Å²) in [6, 6.07) is 9.65. The summed E-state index contributed by atoms with van der Waals surface area (Å²) < 4.78 is 6.87. The highest BCUT2D eigenvalue weighted by Crippen LogP contribution is 2.35. The Balaban J connectivity index is 1.43. The van der Waals surface area contributed by atoms with Crippen LogP contribution in [0.25, 0.3) is 5.69 Å². The smallest absolute Gasteiger partial charge is 0.343 e. The van der Waals surface area contributed by atoms with Crippen molar-refractivity contribution >= 4 is 23.5 Å². The van der Waals surface area contributed by atoms with Crippen molar-refractivity contribution in [2.45, 2.75) is 51.5 Å². The van der Waals surface area contributed by atoms with Gasteiger partial charge in [-0.1, -0.05) is 42.6 Å². The van der Waals surface area contributed by atoms with Gasteiger partial charge >= 0.3 is 5.97 Å². The Morgan fingerprint density at radius 1 is 1.14 bits per heavy atom. The van der Waals surface area contributed by atoms with Crippen molar-refractivity contribution in [2.24, 2.45) is 5.92 Å². The number of rotatable bonds is 4. The molecule has 2 heterocycles. The fourth-order valence-corrected chi connectivity index (χ4v) is 5.04. The molecule has 0 bridgehead atoms. The van der Waals surface area contributed by atoms with Gasteiger partial charge in [-0.2, -0.15) is 5.10 Å². The van der Waals surface area contributed by atoms with E-state index in [-0.39, 0.29) is 23.2 Å². The Hall–Kier alpha value is -2.34. The number of aryl methyl sites for hydroxylation is 1. The highest BCUT2D eigenvalue weighted by molar-refractivity contribution is 6.33. The number of hydrogen-bond acceptors (Lipinski definition) is 4. The highest BCUT2D eigenvalue weighted by atomic mass is 35.5. The first-order valence-electron chi connectivity index (χ1n) is 10.3. The first-order chi connectivity index (χ1) is 14.1. The maximum absolute atomic E-state index is 12.8. The van der Waals surface area contributed by atoms with Crippen molar-refractivity contribution in [3.8, 4) is 5.69 Å². The van der Waals surface area contributed by atoms with Gasteiger partial charge in [0, 0.05) is 12.6 Å². The normalized spacial score (nSPS) is 21.5. The molecule has 0 radical (unpaired) electrons. The second kappa shape index (κ2) is 8.57. The summed E-state index contributed by atoms with van der Waals surface area (Å²) in [7, 11) is 0. The van der Waals surface area contributed by atoms with Gasteiger partial charge in [0.15, 0.2) is 6.61 Å². The molecule has 7 heteroatoms. The number of amides is 1. The second-order valence-electron chi connectivity index (χ2n) is 7.92. The minimum absolute atomic E-state index is 0.112. The van der Waals surface area contributed by atoms with E-state index < -0.39 is 5.97 Å². The van der Waals surface area contributed by atoms with Gasteiger partial charge in [-0.15, -0.1) is 0 Å². The number of aromatic nitrogens is 2. The Morgan fingerprint density at radius 3 is 2.66 bits per heavy atom. The number of nitrogens with zero attached hydrogens (tertiary/aromatic N) is 3. The number of carbonyl (C=O) groups is 2. The summed E-state index contributed by atoms with van der Waals surface area (Å²) in [6.45, 7) is 2.21. The molecule has 6 nitrogen and oxygen atoms in total. The molecular weight excluding hydrogens is 390 g/mol. The monoisotopic (exact) mass is 415 g/mol. The molecule has 1 aromatic carbocycles. The Labute approximate surface area is 175 Å². The third kappa shape index (κ3) is 4.04. The van der Waals surface area contributed by atoms with Crippen LogP contribution in [0.4, 0.5) is 0 Å². The third-order valence-corrected chi connectivity index (χ3v) is 6.45. The number of piperidine rings is 1. The summed E-state index contributed by atoms with van der Waals surface area (Å²) >= 11 is 6.42. The van der Waals surface area contributed by atoms with Crippen molar-refractivity contribution in [3.63, 3.8) is 0 Å². The Bertz CT molecular complexity index is 894. The summed E-state index contributed by atoms with van der Waals surface area (Å²) in [5, 5.41) is 4.55. The molecule has 1 aliphatic heterocycles. The number of likely N-dealkylation sites (tertiary alicyclic amines) is 1. The lowest BCUT2D eigenvalue weighted by molar-refractivity contribution is -0.140. The minimum Gasteiger partial charge on any atom is -0.452 e. The van der Waals surface area contributed by atoms with E-state index in [4.69, 9.17) is 16.3 Å². The quantitative estimate of drug-likeness (QED) is 0.703. The lowest BCUT2D eigenvalue weighted by Crippen LogP contribution is -2.50. The third-order valence-electron chi connectivity index (χ3n) is 6.10. The molecule has 154 valence electrons. The standard InChI is InChI=1S/C22H26ClN3O3/c1-15-20(21(23)26(24-15)17-10-3-2-4-11-17)22(28)29-14-19(27)25-13-7-9-16-8-5-6-12-18(16)25/h2-4,10-11,16,18H,5-9,12-14H2,1H3/t16-,18-/m0/s1. The van der Waals surface area contributed by atoms with E-state index in [1.807, 2.05) is 35.2 Å². The van der Waals surface area contributed by atoms with Gasteiger partial charge in [0.1, 0.15) is 10.7 Å². The molecule has 4 rings (SSSR count). The van der Waals surface area contributed by atoms with E-state index in [0.29, 0.717) is 17.7 Å². The molecule has 1 saturated carbocycles. The van der Waals surface area contributed by atoms with Crippen molar-refractivity contribution in [1.82, 2.24) is 14.7 Å². The number of para-hydroxylation sites is 1. The van der Waals surface area contributed by atoms with E-state index >= 15 is 0 Å². The summed E-state index contributed by atoms with van der Waals surface area (Å²) in [6.07, 6.45) is 6.89. The van der Waals surface area contributed by atoms with Crippen LogP contribution in [0.5, 0.6) is 0 Å². The molecule has 2 fully saturated rings. The first kappa shape index (κ1) is 20.0. The van der Waals surface area contributed by atoms with E-state index in [0.717, 1.165) is 31.5 Å². The van der Waals surface area contributed by atoms with Gasteiger partial charge < -0.3 is 9.64 Å². The predicted octanol–water partition coefficient (Wildman–Crippen LogP) is 4.17. The molecule has 0 N–H and O–H groups in total. The van der Waals surface area contributed by atoms with Gasteiger partial charge in [0.25, 0.3) is 5.91 Å². The predicted molar refractivity (Wildman–Crippen MR) is 110 cm³/mol. The lowest BCUT2D eigenvalue weighted by atomic mass is 9.78. The number of ether oxygens (including phenoxy) is 1. The van der Waals surface area contributed by atoms with Crippen molar-refractivity contribution in [1.29, 1.82) is 0 Å². The molecule has 2 aromatic rings. The maximum Gasteiger partial charge on any atom is 0.343 e. The number of carbonyl (C=O) groups excluding carboxylic acids is 2. The van der Waals surface area contributed by atoms with Crippen LogP contribution in [0.15, 0.2) is 30.3 Å². The fourth-order valence-electron chi connectivity index (χ4n) is 4.69. The SMILES string of the molecule is Cc1nn(-c2ccccc2)c(Cl)c1C(=O)OCC(=O)N1CCC[C@@H]2CCCC[C@@H]21. The topological polar surface area (TPSA) is 64.4 Å². The zero-order chi connectivity index (χ0) is 20.4. The summed E-state index contributed by atoms with van der Waals surface area (Å²) in [5.74, 6) is -0.127. The Morgan fingerprint density at radius 2 is 1.86 bits per heavy atom. The zero-order valence-corrected chi connectivity index (χ0v) is 17.4. The molecule has 1 amide bonds. The largest absolute Gasteiger partial charge is 0.452 e. The van der Waals surface area contributed by atoms with Crippen molar-refractivity contribution in [2.75, 3.05) is 13.2 Å². The molecule has 2 aliphatic rings. The average Bonchev–Trinajstić information content (AvgIpc) is 3.06. The molecule has 29 heavy (non-hydrogen) atoms. The lowest BCUT2D eigenvalue weighted by Gasteiger charge is -2.44. The highest BCUT2D eigenvalue weighted by Gasteiger charge is 2.36. The molecule has 1 aliphatic carbocycles. The number of esters is 1. The molecule has 0 spiro atoms. The number of fused-ring (bicyclic) bond motifs is 1. The minimum atomic E-state index is -0.611. The number of halogens is 1. The van der Waals surface area contributed by atoms with Crippen LogP contribution >= 0.6 is 11.6 Å². The van der Waals surface area contributed by atoms with Crippen molar-refractivity contribution in [3.05, 3.63) is 46.7 Å². The van der Waals surface area contributed by atoms with Crippen LogP contribution in [0.1, 0.15) is 54.6 Å². The number of benzene rings is 1. The molecule has 1 saturated heterocycles. The molecule has 1 aromatic heterocycles. The van der Waals surface area contributed by atoms with Crippen LogP contribution in [0.3, 0.4) is 0 Å². The summed E-state index contributed by atoms with van der Waals surface area (Å²) in [5.41, 5.74) is 1.44. The first-order valence-corrected chi connectivity index (χ1v) is 10.7. The number of hydrogen-bond donors (Lipinski definition) is 0. The van der Waals surface area contributed by atoms with E-state index in [9.17, 15) is 9.59 Å². The summed E-state index contributed by atoms with van der Waals surface area (Å²) in [4.78, 5) is 27.4. The van der Waals surface area contributed by atoms with Crippen LogP contribution in [0.2, 0.25) is 5.15 Å². The average molecular weight is 416 g/mol. The van der Waals surface area contributed by atoms with Gasteiger partial charge in [-0.25, -0.2) is 9.48 Å². The van der Waals surface area contributed by atoms with Crippen LogP contribution in [-0.4, -0.2) is 45.8 Å². The fraction of sp³-hybridized carbons (Fsp3) is 0.500. The van der Waals surface area contributed by atoms with E-state index in [1.54, 1.807) is 6.92 Å². The van der Waals surface area contributed by atoms with E-state index in [2.05, 4.69) is 5.10 Å². The molecular formula is C22H26ClN3O3. The van der Waals surface area contributed by atoms with Crippen LogP contribution in [0, 0.1) is 12.8 Å². The molecule has 0 unspecified atom stereocenters. The van der Waals surface area contributed by atoms with Crippen LogP contribution in [-0.2, 0) is 9.53 Å². The maximum atomic E-state index is 12.8. The van der Waals surface area contributed by atoms with Gasteiger partial charge in [-0.3, -0.25) is 4.79 Å². The second-order valence-corrected chi connectivity index (χ2v) is 8.27. The van der Waals surface area contributed by atoms with Gasteiger partial charge in [0.05, 0.1) is 11.4 Å². The van der Waals surface area contributed by atoms with Crippen molar-refractivity contribution < 1.29 is 14.3 Å². The van der Waals surface area contributed by atoms with Crippen LogP contribution < -0.4 is 0 Å².